The van der Waals surface area contributed by atoms with Crippen LogP contribution in [0, 0.1) is 0 Å². The molecule has 0 aromatic heterocycles. The van der Waals surface area contributed by atoms with Crippen LogP contribution >= 0.6 is 0 Å². The summed E-state index contributed by atoms with van der Waals surface area (Å²) >= 11 is 0. The Morgan fingerprint density at radius 2 is 2.05 bits per heavy atom. The van der Waals surface area contributed by atoms with Crippen molar-refractivity contribution in [2.45, 2.75) is 25.3 Å². The highest BCUT2D eigenvalue weighted by Crippen LogP contribution is 2.21. The zero-order valence-corrected chi connectivity index (χ0v) is 10.9. The molecule has 0 saturated carbocycles. The molecule has 2 rings (SSSR count). The molecule has 1 aliphatic rings. The van der Waals surface area contributed by atoms with Crippen molar-refractivity contribution < 1.29 is 14.7 Å². The van der Waals surface area contributed by atoms with E-state index in [1.54, 1.807) is 25.2 Å². The molecule has 1 fully saturated rings. The number of hydrogen-bond acceptors (Lipinski definition) is 3. The average molecular weight is 262 g/mol. The van der Waals surface area contributed by atoms with Crippen molar-refractivity contribution in [3.8, 4) is 0 Å². The summed E-state index contributed by atoms with van der Waals surface area (Å²) in [6, 6.07) is 6.35. The lowest BCUT2D eigenvalue weighted by Crippen LogP contribution is -2.47. The first-order valence-electron chi connectivity index (χ1n) is 6.44. The molecule has 1 saturated heterocycles. The number of anilines is 1. The molecule has 0 spiro atoms. The summed E-state index contributed by atoms with van der Waals surface area (Å²) in [6.45, 7) is 0.838. The highest BCUT2D eigenvalue weighted by molar-refractivity contribution is 6.03. The standard InChI is InChI=1S/C14H18N2O3/c1-16(13(17)11-7-4-5-9-15-11)12-8-3-2-6-10(12)14(18)19/h2-3,6,8,11,15H,4-5,7,9H2,1H3,(H,18,19)/t11-/m0/s1. The van der Waals surface area contributed by atoms with Crippen LogP contribution in [0.4, 0.5) is 5.69 Å². The number of carbonyl (C=O) groups is 2. The first-order chi connectivity index (χ1) is 9.11. The quantitative estimate of drug-likeness (QED) is 0.866. The SMILES string of the molecule is CN(C(=O)[C@@H]1CCCCN1)c1ccccc1C(=O)O. The number of nitrogens with one attached hydrogen (secondary N) is 1. The van der Waals surface area contributed by atoms with E-state index in [4.69, 9.17) is 5.11 Å². The largest absolute Gasteiger partial charge is 0.478 e. The fraction of sp³-hybridized carbons (Fsp3) is 0.429. The van der Waals surface area contributed by atoms with E-state index in [-0.39, 0.29) is 17.5 Å². The van der Waals surface area contributed by atoms with Crippen molar-refractivity contribution in [1.82, 2.24) is 5.32 Å². The van der Waals surface area contributed by atoms with Gasteiger partial charge in [0.1, 0.15) is 0 Å². The third kappa shape index (κ3) is 2.93. The molecule has 19 heavy (non-hydrogen) atoms. The van der Waals surface area contributed by atoms with Crippen LogP contribution in [0.15, 0.2) is 24.3 Å². The summed E-state index contributed by atoms with van der Waals surface area (Å²) in [5, 5.41) is 12.3. The molecular weight excluding hydrogens is 244 g/mol. The number of likely N-dealkylation sites (N-methyl/N-ethyl adjacent to an activating group) is 1. The van der Waals surface area contributed by atoms with Crippen LogP contribution in [0.3, 0.4) is 0 Å². The summed E-state index contributed by atoms with van der Waals surface area (Å²) in [5.41, 5.74) is 0.585. The Morgan fingerprint density at radius 3 is 2.68 bits per heavy atom. The van der Waals surface area contributed by atoms with Crippen molar-refractivity contribution in [1.29, 1.82) is 0 Å². The van der Waals surface area contributed by atoms with E-state index < -0.39 is 5.97 Å². The highest BCUT2D eigenvalue weighted by Gasteiger charge is 2.26. The van der Waals surface area contributed by atoms with Crippen LogP contribution in [-0.2, 0) is 4.79 Å². The van der Waals surface area contributed by atoms with E-state index in [2.05, 4.69) is 5.32 Å². The minimum Gasteiger partial charge on any atom is -0.478 e. The molecule has 1 atom stereocenters. The van der Waals surface area contributed by atoms with Crippen molar-refractivity contribution in [3.63, 3.8) is 0 Å². The van der Waals surface area contributed by atoms with Gasteiger partial charge in [-0.3, -0.25) is 4.79 Å². The van der Waals surface area contributed by atoms with Crippen molar-refractivity contribution in [2.24, 2.45) is 0 Å². The van der Waals surface area contributed by atoms with Crippen molar-refractivity contribution >= 4 is 17.6 Å². The molecule has 0 radical (unpaired) electrons. The second kappa shape index (κ2) is 5.84. The molecule has 102 valence electrons. The summed E-state index contributed by atoms with van der Waals surface area (Å²) in [6.07, 6.45) is 2.91. The van der Waals surface area contributed by atoms with Crippen molar-refractivity contribution in [2.75, 3.05) is 18.5 Å². The smallest absolute Gasteiger partial charge is 0.337 e. The topological polar surface area (TPSA) is 69.6 Å². The molecule has 0 unspecified atom stereocenters. The fourth-order valence-corrected chi connectivity index (χ4v) is 2.36. The van der Waals surface area contributed by atoms with Gasteiger partial charge in [0.15, 0.2) is 0 Å². The van der Waals surface area contributed by atoms with Gasteiger partial charge in [0.05, 0.1) is 17.3 Å². The van der Waals surface area contributed by atoms with E-state index >= 15 is 0 Å². The maximum absolute atomic E-state index is 12.3. The predicted octanol–water partition coefficient (Wildman–Crippen LogP) is 1.49. The molecule has 5 nitrogen and oxygen atoms in total. The summed E-state index contributed by atoms with van der Waals surface area (Å²) < 4.78 is 0. The van der Waals surface area contributed by atoms with Gasteiger partial charge < -0.3 is 15.3 Å². The maximum atomic E-state index is 12.3. The third-order valence-corrected chi connectivity index (χ3v) is 3.43. The predicted molar refractivity (Wildman–Crippen MR) is 72.5 cm³/mol. The van der Waals surface area contributed by atoms with Gasteiger partial charge >= 0.3 is 5.97 Å². The van der Waals surface area contributed by atoms with Crippen LogP contribution in [0.2, 0.25) is 0 Å². The van der Waals surface area contributed by atoms with Gasteiger partial charge in [0.2, 0.25) is 5.91 Å². The zero-order valence-electron chi connectivity index (χ0n) is 10.9. The molecule has 1 heterocycles. The van der Waals surface area contributed by atoms with Crippen LogP contribution in [0.5, 0.6) is 0 Å². The minimum atomic E-state index is -1.02. The minimum absolute atomic E-state index is 0.0756. The van der Waals surface area contributed by atoms with Gasteiger partial charge in [0, 0.05) is 7.05 Å². The summed E-state index contributed by atoms with van der Waals surface area (Å²) in [7, 11) is 1.63. The summed E-state index contributed by atoms with van der Waals surface area (Å²) in [4.78, 5) is 25.0. The molecule has 1 aromatic carbocycles. The van der Waals surface area contributed by atoms with Gasteiger partial charge in [-0.15, -0.1) is 0 Å². The van der Waals surface area contributed by atoms with Gasteiger partial charge in [-0.1, -0.05) is 18.6 Å². The lowest BCUT2D eigenvalue weighted by Gasteiger charge is -2.28. The molecule has 0 aliphatic carbocycles. The average Bonchev–Trinajstić information content (AvgIpc) is 2.46. The number of carbonyl (C=O) groups excluding carboxylic acids is 1. The van der Waals surface area contributed by atoms with E-state index in [9.17, 15) is 9.59 Å². The number of benzene rings is 1. The van der Waals surface area contributed by atoms with Crippen LogP contribution in [0.25, 0.3) is 0 Å². The number of piperidine rings is 1. The Balaban J connectivity index is 2.21. The third-order valence-electron chi connectivity index (χ3n) is 3.43. The first kappa shape index (κ1) is 13.5. The lowest BCUT2D eigenvalue weighted by molar-refractivity contribution is -0.120. The monoisotopic (exact) mass is 262 g/mol. The zero-order chi connectivity index (χ0) is 13.8. The molecule has 1 aromatic rings. The normalized spacial score (nSPS) is 18.9. The van der Waals surface area contributed by atoms with E-state index in [0.29, 0.717) is 5.69 Å². The van der Waals surface area contributed by atoms with Gasteiger partial charge in [-0.25, -0.2) is 4.79 Å². The van der Waals surface area contributed by atoms with Crippen LogP contribution < -0.4 is 10.2 Å². The van der Waals surface area contributed by atoms with E-state index in [0.717, 1.165) is 25.8 Å². The number of aromatic carboxylic acids is 1. The molecule has 1 amide bonds. The van der Waals surface area contributed by atoms with Gasteiger partial charge in [0.25, 0.3) is 0 Å². The second-order valence-corrected chi connectivity index (χ2v) is 4.72. The molecule has 1 aliphatic heterocycles. The number of hydrogen-bond donors (Lipinski definition) is 2. The van der Waals surface area contributed by atoms with Gasteiger partial charge in [-0.05, 0) is 31.5 Å². The Bertz CT molecular complexity index is 481. The van der Waals surface area contributed by atoms with E-state index in [1.165, 1.54) is 11.0 Å². The molecule has 5 heteroatoms. The van der Waals surface area contributed by atoms with Crippen LogP contribution in [-0.4, -0.2) is 36.6 Å². The van der Waals surface area contributed by atoms with Gasteiger partial charge in [-0.2, -0.15) is 0 Å². The fourth-order valence-electron chi connectivity index (χ4n) is 2.36. The summed E-state index contributed by atoms with van der Waals surface area (Å²) in [5.74, 6) is -1.10. The number of para-hydroxylation sites is 1. The first-order valence-corrected chi connectivity index (χ1v) is 6.44. The highest BCUT2D eigenvalue weighted by atomic mass is 16.4. The number of carboxylic acid groups (broad SMARTS) is 1. The number of amides is 1. The molecule has 2 N–H and O–H groups in total. The Hall–Kier alpha value is -1.88. The Kier molecular flexibility index (Phi) is 4.16. The lowest BCUT2D eigenvalue weighted by atomic mass is 10.0. The number of rotatable bonds is 3. The molecule has 0 bridgehead atoms. The van der Waals surface area contributed by atoms with Crippen LogP contribution in [0.1, 0.15) is 29.6 Å². The maximum Gasteiger partial charge on any atom is 0.337 e. The molecular formula is C14H18N2O3. The second-order valence-electron chi connectivity index (χ2n) is 4.72. The Morgan fingerprint density at radius 1 is 1.32 bits per heavy atom. The Labute approximate surface area is 112 Å². The number of nitrogens with zero attached hydrogens (tertiary/aromatic N) is 1. The van der Waals surface area contributed by atoms with E-state index in [1.807, 2.05) is 0 Å². The van der Waals surface area contributed by atoms with Crippen molar-refractivity contribution in [3.05, 3.63) is 29.8 Å². The number of carboxylic acids is 1.